The first kappa shape index (κ1) is 8.54. The Kier molecular flexibility index (Phi) is 2.09. The zero-order chi connectivity index (χ0) is 9.38. The van der Waals surface area contributed by atoms with Crippen LogP contribution in [0.3, 0.4) is 0 Å². The molecule has 1 fully saturated rings. The van der Waals surface area contributed by atoms with E-state index < -0.39 is 0 Å². The van der Waals surface area contributed by atoms with Crippen LogP contribution in [0.1, 0.15) is 42.9 Å². The second kappa shape index (κ2) is 3.43. The molecule has 0 spiro atoms. The highest BCUT2D eigenvalue weighted by molar-refractivity contribution is 5.24. The molecule has 1 aromatic heterocycles. The van der Waals surface area contributed by atoms with Gasteiger partial charge in [-0.15, -0.1) is 0 Å². The lowest BCUT2D eigenvalue weighted by Gasteiger charge is -2.15. The molecule has 1 saturated carbocycles. The van der Waals surface area contributed by atoms with Crippen LogP contribution in [0.15, 0.2) is 12.3 Å². The molecule has 0 aromatic carbocycles. The van der Waals surface area contributed by atoms with Crippen LogP contribution in [0.5, 0.6) is 0 Å². The van der Waals surface area contributed by atoms with Gasteiger partial charge in [0.2, 0.25) is 0 Å². The highest BCUT2D eigenvalue weighted by atomic mass is 15.1. The van der Waals surface area contributed by atoms with Gasteiger partial charge in [0.25, 0.3) is 0 Å². The highest BCUT2D eigenvalue weighted by Gasteiger charge is 2.20. The molecule has 0 radical (unpaired) electrons. The van der Waals surface area contributed by atoms with Crippen LogP contribution in [0, 0.1) is 0 Å². The van der Waals surface area contributed by atoms with Gasteiger partial charge in [-0.05, 0) is 30.4 Å². The summed E-state index contributed by atoms with van der Waals surface area (Å²) in [6, 6.07) is 2.42. The standard InChI is InChI=1S/C12H18N2/c1-2-4-10(3-1)11-7-12-8-13-5-6-14(12)9-11/h7,9-10,13H,1-6,8H2. The van der Waals surface area contributed by atoms with E-state index in [9.17, 15) is 0 Å². The number of aromatic nitrogens is 1. The smallest absolute Gasteiger partial charge is 0.0360 e. The Bertz CT molecular complexity index is 298. The monoisotopic (exact) mass is 190 g/mol. The number of nitrogens with zero attached hydrogens (tertiary/aromatic N) is 1. The van der Waals surface area contributed by atoms with Crippen LogP contribution in [0.2, 0.25) is 0 Å². The van der Waals surface area contributed by atoms with Crippen LogP contribution in [0.25, 0.3) is 0 Å². The second-order valence-electron chi connectivity index (χ2n) is 4.62. The predicted octanol–water partition coefficient (Wildman–Crippen LogP) is 2.25. The Morgan fingerprint density at radius 1 is 1.29 bits per heavy atom. The van der Waals surface area contributed by atoms with Crippen molar-refractivity contribution in [2.45, 2.75) is 44.7 Å². The maximum absolute atomic E-state index is 3.42. The molecular weight excluding hydrogens is 172 g/mol. The van der Waals surface area contributed by atoms with E-state index in [1.54, 1.807) is 5.56 Å². The molecule has 1 aliphatic heterocycles. The van der Waals surface area contributed by atoms with Gasteiger partial charge in [0.1, 0.15) is 0 Å². The quantitative estimate of drug-likeness (QED) is 0.718. The first-order valence-electron chi connectivity index (χ1n) is 5.83. The number of hydrogen-bond donors (Lipinski definition) is 1. The summed E-state index contributed by atoms with van der Waals surface area (Å²) >= 11 is 0. The molecule has 76 valence electrons. The van der Waals surface area contributed by atoms with Gasteiger partial charge in [0.15, 0.2) is 0 Å². The van der Waals surface area contributed by atoms with Crippen molar-refractivity contribution in [1.29, 1.82) is 0 Å². The fourth-order valence-corrected chi connectivity index (χ4v) is 2.83. The molecule has 0 saturated heterocycles. The fraction of sp³-hybridized carbons (Fsp3) is 0.667. The van der Waals surface area contributed by atoms with Crippen molar-refractivity contribution >= 4 is 0 Å². The molecule has 0 unspecified atom stereocenters. The average Bonchev–Trinajstić information content (AvgIpc) is 2.86. The van der Waals surface area contributed by atoms with Crippen molar-refractivity contribution < 1.29 is 0 Å². The molecule has 14 heavy (non-hydrogen) atoms. The molecule has 3 rings (SSSR count). The van der Waals surface area contributed by atoms with Crippen LogP contribution >= 0.6 is 0 Å². The Hall–Kier alpha value is -0.760. The minimum Gasteiger partial charge on any atom is -0.349 e. The highest BCUT2D eigenvalue weighted by Crippen LogP contribution is 2.35. The fourth-order valence-electron chi connectivity index (χ4n) is 2.83. The molecule has 2 aliphatic rings. The van der Waals surface area contributed by atoms with Gasteiger partial charge in [0, 0.05) is 31.5 Å². The molecule has 1 N–H and O–H groups in total. The lowest BCUT2D eigenvalue weighted by atomic mass is 10.0. The number of hydrogen-bond acceptors (Lipinski definition) is 1. The van der Waals surface area contributed by atoms with Gasteiger partial charge in [-0.3, -0.25) is 0 Å². The lowest BCUT2D eigenvalue weighted by Crippen LogP contribution is -2.27. The maximum Gasteiger partial charge on any atom is 0.0360 e. The first-order valence-corrected chi connectivity index (χ1v) is 5.83. The topological polar surface area (TPSA) is 17.0 Å². The van der Waals surface area contributed by atoms with Gasteiger partial charge in [-0.1, -0.05) is 12.8 Å². The zero-order valence-corrected chi connectivity index (χ0v) is 8.63. The molecule has 2 heteroatoms. The van der Waals surface area contributed by atoms with E-state index in [0.29, 0.717) is 0 Å². The third kappa shape index (κ3) is 1.38. The second-order valence-corrected chi connectivity index (χ2v) is 4.62. The predicted molar refractivity (Wildman–Crippen MR) is 57.3 cm³/mol. The zero-order valence-electron chi connectivity index (χ0n) is 8.63. The maximum atomic E-state index is 3.42. The third-order valence-electron chi connectivity index (χ3n) is 3.67. The molecule has 0 bridgehead atoms. The van der Waals surface area contributed by atoms with Crippen molar-refractivity contribution in [2.75, 3.05) is 6.54 Å². The van der Waals surface area contributed by atoms with Crippen LogP contribution in [0.4, 0.5) is 0 Å². The summed E-state index contributed by atoms with van der Waals surface area (Å²) in [4.78, 5) is 0. The van der Waals surface area contributed by atoms with E-state index in [-0.39, 0.29) is 0 Å². The van der Waals surface area contributed by atoms with Gasteiger partial charge < -0.3 is 9.88 Å². The molecule has 2 heterocycles. The minimum atomic E-state index is 0.869. The summed E-state index contributed by atoms with van der Waals surface area (Å²) in [5.41, 5.74) is 3.08. The van der Waals surface area contributed by atoms with Gasteiger partial charge in [-0.25, -0.2) is 0 Å². The molecule has 0 atom stereocenters. The van der Waals surface area contributed by atoms with Crippen LogP contribution in [-0.4, -0.2) is 11.1 Å². The largest absolute Gasteiger partial charge is 0.349 e. The molecular formula is C12H18N2. The van der Waals surface area contributed by atoms with Crippen molar-refractivity contribution in [3.63, 3.8) is 0 Å². The number of rotatable bonds is 1. The van der Waals surface area contributed by atoms with E-state index in [1.165, 1.54) is 31.4 Å². The van der Waals surface area contributed by atoms with E-state index in [0.717, 1.165) is 25.6 Å². The summed E-state index contributed by atoms with van der Waals surface area (Å²) in [6.07, 6.45) is 8.09. The van der Waals surface area contributed by atoms with Gasteiger partial charge in [0.05, 0.1) is 0 Å². The Morgan fingerprint density at radius 3 is 2.93 bits per heavy atom. The van der Waals surface area contributed by atoms with E-state index in [1.807, 2.05) is 0 Å². The Labute approximate surface area is 85.3 Å². The lowest BCUT2D eigenvalue weighted by molar-refractivity contribution is 0.516. The van der Waals surface area contributed by atoms with Crippen molar-refractivity contribution in [2.24, 2.45) is 0 Å². The van der Waals surface area contributed by atoms with Gasteiger partial charge >= 0.3 is 0 Å². The Balaban J connectivity index is 1.87. The minimum absolute atomic E-state index is 0.869. The average molecular weight is 190 g/mol. The van der Waals surface area contributed by atoms with E-state index in [4.69, 9.17) is 0 Å². The molecule has 1 aliphatic carbocycles. The van der Waals surface area contributed by atoms with Crippen molar-refractivity contribution in [3.05, 3.63) is 23.5 Å². The summed E-state index contributed by atoms with van der Waals surface area (Å²) in [7, 11) is 0. The van der Waals surface area contributed by atoms with Gasteiger partial charge in [-0.2, -0.15) is 0 Å². The van der Waals surface area contributed by atoms with Crippen molar-refractivity contribution in [3.8, 4) is 0 Å². The SMILES string of the molecule is c1c(C2CCCC2)cn2c1CNCC2. The van der Waals surface area contributed by atoms with Crippen LogP contribution in [-0.2, 0) is 13.1 Å². The van der Waals surface area contributed by atoms with E-state index >= 15 is 0 Å². The summed E-state index contributed by atoms with van der Waals surface area (Å²) < 4.78 is 2.43. The summed E-state index contributed by atoms with van der Waals surface area (Å²) in [5, 5.41) is 3.42. The normalized spacial score (nSPS) is 22.6. The molecule has 1 aromatic rings. The van der Waals surface area contributed by atoms with E-state index in [2.05, 4.69) is 22.1 Å². The number of nitrogens with one attached hydrogen (secondary N) is 1. The molecule has 0 amide bonds. The summed E-state index contributed by atoms with van der Waals surface area (Å²) in [6.45, 7) is 3.35. The number of fused-ring (bicyclic) bond motifs is 1. The third-order valence-corrected chi connectivity index (χ3v) is 3.67. The summed E-state index contributed by atoms with van der Waals surface area (Å²) in [5.74, 6) is 0.869. The first-order chi connectivity index (χ1) is 6.93. The Morgan fingerprint density at radius 2 is 2.14 bits per heavy atom. The van der Waals surface area contributed by atoms with Crippen LogP contribution < -0.4 is 5.32 Å². The molecule has 2 nitrogen and oxygen atoms in total. The van der Waals surface area contributed by atoms with Crippen molar-refractivity contribution in [1.82, 2.24) is 9.88 Å².